The van der Waals surface area contributed by atoms with Crippen molar-refractivity contribution in [3.63, 3.8) is 0 Å². The molecule has 2 aliphatic rings. The third kappa shape index (κ3) is 5.88. The van der Waals surface area contributed by atoms with Crippen LogP contribution in [0.15, 0.2) is 47.8 Å². The van der Waals surface area contributed by atoms with E-state index in [1.54, 1.807) is 12.4 Å². The zero-order valence-electron chi connectivity index (χ0n) is 19.7. The van der Waals surface area contributed by atoms with Gasteiger partial charge in [-0.15, -0.1) is 0 Å². The van der Waals surface area contributed by atoms with Crippen molar-refractivity contribution in [2.24, 2.45) is 11.0 Å². The van der Waals surface area contributed by atoms with Gasteiger partial charge in [-0.2, -0.15) is 10.1 Å². The predicted octanol–water partition coefficient (Wildman–Crippen LogP) is 3.48. The Balaban J connectivity index is 1.21. The number of benzene rings is 1. The Morgan fingerprint density at radius 3 is 2.78 bits per heavy atom. The molecule has 2 unspecified atom stereocenters. The highest BCUT2D eigenvalue weighted by atomic mass is 35.5. The van der Waals surface area contributed by atoms with Crippen LogP contribution in [0.2, 0.25) is 5.02 Å². The maximum Gasteiger partial charge on any atom is 0.245 e. The molecule has 0 bridgehead atoms. The van der Waals surface area contributed by atoms with Gasteiger partial charge in [0, 0.05) is 30.3 Å². The largest absolute Gasteiger partial charge is 0.378 e. The summed E-state index contributed by atoms with van der Waals surface area (Å²) in [5, 5.41) is 8.15. The Morgan fingerprint density at radius 1 is 1.17 bits per heavy atom. The molecule has 2 aliphatic heterocycles. The number of hydrazone groups is 1. The van der Waals surface area contributed by atoms with Gasteiger partial charge in [0.1, 0.15) is 0 Å². The van der Waals surface area contributed by atoms with E-state index in [1.807, 2.05) is 29.2 Å². The highest BCUT2D eigenvalue weighted by molar-refractivity contribution is 6.31. The van der Waals surface area contributed by atoms with Crippen LogP contribution in [-0.2, 0) is 4.74 Å². The topological polar surface area (TPSA) is 112 Å². The fourth-order valence-electron chi connectivity index (χ4n) is 4.15. The first-order valence-electron chi connectivity index (χ1n) is 11.7. The van der Waals surface area contributed by atoms with Crippen LogP contribution in [0.1, 0.15) is 24.2 Å². The van der Waals surface area contributed by atoms with Crippen molar-refractivity contribution in [3.05, 3.63) is 64.8 Å². The minimum Gasteiger partial charge on any atom is -0.378 e. The van der Waals surface area contributed by atoms with E-state index in [2.05, 4.69) is 54.6 Å². The van der Waals surface area contributed by atoms with Crippen molar-refractivity contribution < 1.29 is 9.13 Å². The summed E-state index contributed by atoms with van der Waals surface area (Å²) in [6.07, 6.45) is 4.39. The van der Waals surface area contributed by atoms with Gasteiger partial charge in [-0.25, -0.2) is 14.8 Å². The van der Waals surface area contributed by atoms with Gasteiger partial charge >= 0.3 is 0 Å². The monoisotopic (exact) mass is 511 g/mol. The number of hydrogen-bond acceptors (Lipinski definition) is 10. The van der Waals surface area contributed by atoms with Gasteiger partial charge < -0.3 is 15.0 Å². The average Bonchev–Trinajstić information content (AvgIpc) is 3.32. The first kappa shape index (κ1) is 24.3. The Labute approximate surface area is 213 Å². The molecule has 0 saturated carbocycles. The molecule has 188 valence electrons. The van der Waals surface area contributed by atoms with Gasteiger partial charge in [0.05, 0.1) is 49.2 Å². The molecule has 5 rings (SSSR count). The number of morpholine rings is 1. The van der Waals surface area contributed by atoms with Crippen molar-refractivity contribution in [1.29, 1.82) is 0 Å². The van der Waals surface area contributed by atoms with Gasteiger partial charge in [-0.3, -0.25) is 15.8 Å². The zero-order chi connectivity index (χ0) is 24.9. The molecular weight excluding hydrogens is 485 g/mol. The van der Waals surface area contributed by atoms with Crippen molar-refractivity contribution in [2.75, 3.05) is 48.5 Å². The number of rotatable bonds is 7. The Hall–Kier alpha value is -3.38. The highest BCUT2D eigenvalue weighted by Gasteiger charge is 2.24. The third-order valence-electron chi connectivity index (χ3n) is 6.00. The van der Waals surface area contributed by atoms with E-state index in [0.29, 0.717) is 42.9 Å². The van der Waals surface area contributed by atoms with Gasteiger partial charge in [-0.05, 0) is 41.8 Å². The van der Waals surface area contributed by atoms with Crippen LogP contribution >= 0.6 is 11.6 Å². The van der Waals surface area contributed by atoms with Crippen LogP contribution in [0.25, 0.3) is 0 Å². The molecule has 3 aromatic rings. The van der Waals surface area contributed by atoms with E-state index in [9.17, 15) is 4.39 Å². The standard InChI is InChI=1S/C24H27ClFN9O/c1-15-11-29-33-22(15)16-8-17(25)10-20(9-16)31-19-3-2-18(27-12-19)13-30-34-24-28-14-21(26)23(32-24)35-4-6-36-7-5-35/h2-3,8-10,12-15,22,29,31,33H,4-7,11H2,1H3,(H,28,32,34)/b30-13+. The summed E-state index contributed by atoms with van der Waals surface area (Å²) in [5.74, 6) is 0.411. The lowest BCUT2D eigenvalue weighted by molar-refractivity contribution is 0.122. The molecule has 36 heavy (non-hydrogen) atoms. The molecule has 2 atom stereocenters. The fourth-order valence-corrected chi connectivity index (χ4v) is 4.40. The van der Waals surface area contributed by atoms with E-state index in [1.165, 1.54) is 0 Å². The molecule has 12 heteroatoms. The Morgan fingerprint density at radius 2 is 2.03 bits per heavy atom. The predicted molar refractivity (Wildman–Crippen MR) is 138 cm³/mol. The molecule has 0 amide bonds. The lowest BCUT2D eigenvalue weighted by Gasteiger charge is -2.27. The van der Waals surface area contributed by atoms with Crippen molar-refractivity contribution in [3.8, 4) is 0 Å². The van der Waals surface area contributed by atoms with Crippen LogP contribution in [0.5, 0.6) is 0 Å². The molecule has 0 aliphatic carbocycles. The molecule has 2 saturated heterocycles. The number of nitrogens with one attached hydrogen (secondary N) is 4. The third-order valence-corrected chi connectivity index (χ3v) is 6.22. The second-order valence-corrected chi connectivity index (χ2v) is 9.12. The first-order valence-corrected chi connectivity index (χ1v) is 12.1. The summed E-state index contributed by atoms with van der Waals surface area (Å²) in [6.45, 7) is 5.32. The molecule has 4 heterocycles. The minimum atomic E-state index is -0.478. The molecule has 10 nitrogen and oxygen atoms in total. The summed E-state index contributed by atoms with van der Waals surface area (Å²) >= 11 is 6.37. The average molecular weight is 512 g/mol. The SMILES string of the molecule is CC1CNNC1c1cc(Cl)cc(Nc2ccc(/C=N/Nc3ncc(F)c(N4CCOCC4)n3)nc2)c1. The number of hydrogen-bond donors (Lipinski definition) is 4. The van der Waals surface area contributed by atoms with E-state index < -0.39 is 5.82 Å². The number of halogens is 2. The first-order chi connectivity index (χ1) is 17.5. The fraction of sp³-hybridized carbons (Fsp3) is 0.333. The molecule has 2 aromatic heterocycles. The van der Waals surface area contributed by atoms with Crippen LogP contribution in [0, 0.1) is 11.7 Å². The summed E-state index contributed by atoms with van der Waals surface area (Å²) in [4.78, 5) is 14.4. The van der Waals surface area contributed by atoms with Crippen molar-refractivity contribution in [2.45, 2.75) is 13.0 Å². The Bertz CT molecular complexity index is 1220. The molecular formula is C24H27ClFN9O. The summed E-state index contributed by atoms with van der Waals surface area (Å²) in [7, 11) is 0. The molecule has 1 aromatic carbocycles. The molecule has 0 spiro atoms. The van der Waals surface area contributed by atoms with Crippen molar-refractivity contribution >= 4 is 41.0 Å². The van der Waals surface area contributed by atoms with E-state index in [-0.39, 0.29) is 17.8 Å². The van der Waals surface area contributed by atoms with Crippen LogP contribution in [-0.4, -0.2) is 54.0 Å². The van der Waals surface area contributed by atoms with Crippen LogP contribution in [0.4, 0.5) is 27.5 Å². The number of hydrazine groups is 1. The van der Waals surface area contributed by atoms with Gasteiger partial charge in [0.25, 0.3) is 0 Å². The van der Waals surface area contributed by atoms with Gasteiger partial charge in [0.15, 0.2) is 11.6 Å². The maximum atomic E-state index is 14.2. The van der Waals surface area contributed by atoms with Crippen LogP contribution in [0.3, 0.4) is 0 Å². The number of aromatic nitrogens is 3. The molecule has 2 fully saturated rings. The van der Waals surface area contributed by atoms with Crippen molar-refractivity contribution in [1.82, 2.24) is 25.8 Å². The second-order valence-electron chi connectivity index (χ2n) is 8.68. The summed E-state index contributed by atoms with van der Waals surface area (Å²) in [5.41, 5.74) is 12.7. The quantitative estimate of drug-likeness (QED) is 0.280. The number of ether oxygens (including phenoxy) is 1. The minimum absolute atomic E-state index is 0.198. The lowest BCUT2D eigenvalue weighted by atomic mass is 9.96. The second kappa shape index (κ2) is 11.1. The van der Waals surface area contributed by atoms with Gasteiger partial charge in [0.2, 0.25) is 5.95 Å². The normalized spacial score (nSPS) is 20.1. The van der Waals surface area contributed by atoms with E-state index >= 15 is 0 Å². The number of anilines is 4. The lowest BCUT2D eigenvalue weighted by Crippen LogP contribution is -2.37. The highest BCUT2D eigenvalue weighted by Crippen LogP contribution is 2.30. The van der Waals surface area contributed by atoms with Gasteiger partial charge in [-0.1, -0.05) is 18.5 Å². The zero-order valence-corrected chi connectivity index (χ0v) is 20.5. The maximum absolute atomic E-state index is 14.2. The summed E-state index contributed by atoms with van der Waals surface area (Å²) < 4.78 is 19.5. The number of nitrogens with zero attached hydrogens (tertiary/aromatic N) is 5. The Kier molecular flexibility index (Phi) is 7.52. The smallest absolute Gasteiger partial charge is 0.245 e. The van der Waals surface area contributed by atoms with E-state index in [0.717, 1.165) is 29.7 Å². The number of pyridine rings is 1. The summed E-state index contributed by atoms with van der Waals surface area (Å²) in [6, 6.07) is 9.87. The molecule has 0 radical (unpaired) electrons. The van der Waals surface area contributed by atoms with Crippen LogP contribution < -0.4 is 26.5 Å². The molecule has 4 N–H and O–H groups in total. The van der Waals surface area contributed by atoms with E-state index in [4.69, 9.17) is 16.3 Å².